The Labute approximate surface area is 176 Å². The Hall–Kier alpha value is -2.87. The van der Waals surface area contributed by atoms with E-state index >= 15 is 0 Å². The zero-order valence-electron chi connectivity index (χ0n) is 16.0. The molecule has 0 aliphatic carbocycles. The summed E-state index contributed by atoms with van der Waals surface area (Å²) in [4.78, 5) is 18.9. The highest BCUT2D eigenvalue weighted by Gasteiger charge is 2.30. The van der Waals surface area contributed by atoms with Crippen LogP contribution in [0.15, 0.2) is 60.0 Å². The number of amides is 1. The van der Waals surface area contributed by atoms with Crippen LogP contribution >= 0.6 is 11.3 Å². The van der Waals surface area contributed by atoms with Crippen LogP contribution in [0.1, 0.15) is 17.7 Å². The predicted octanol–water partition coefficient (Wildman–Crippen LogP) is 5.08. The lowest BCUT2D eigenvalue weighted by Crippen LogP contribution is -2.32. The topological polar surface area (TPSA) is 45.2 Å². The number of anilines is 1. The third-order valence-corrected chi connectivity index (χ3v) is 5.97. The second-order valence-electron chi connectivity index (χ2n) is 7.23. The second kappa shape index (κ2) is 8.47. The summed E-state index contributed by atoms with van der Waals surface area (Å²) in [6.45, 7) is 1.34. The Morgan fingerprint density at radius 1 is 1.13 bits per heavy atom. The molecule has 1 aliphatic heterocycles. The third-order valence-electron chi connectivity index (χ3n) is 5.03. The van der Waals surface area contributed by atoms with Crippen LogP contribution in [0.3, 0.4) is 0 Å². The van der Waals surface area contributed by atoms with Crippen LogP contribution in [-0.2, 0) is 17.4 Å². The Bertz CT molecular complexity index is 1000. The molecule has 1 saturated heterocycles. The summed E-state index contributed by atoms with van der Waals surface area (Å²) in [5, 5.41) is 5.84. The number of nitrogens with zero attached hydrogens (tertiary/aromatic N) is 2. The lowest BCUT2D eigenvalue weighted by atomic mass is 10.1. The van der Waals surface area contributed by atoms with E-state index in [1.165, 1.54) is 23.5 Å². The minimum atomic E-state index is -4.36. The van der Waals surface area contributed by atoms with E-state index in [-0.39, 0.29) is 18.4 Å². The zero-order chi connectivity index (χ0) is 21.1. The molecule has 0 saturated carbocycles. The molecule has 2 heterocycles. The van der Waals surface area contributed by atoms with E-state index < -0.39 is 11.7 Å². The van der Waals surface area contributed by atoms with Crippen molar-refractivity contribution in [1.82, 2.24) is 9.88 Å². The maximum Gasteiger partial charge on any atom is 0.416 e. The van der Waals surface area contributed by atoms with Crippen LogP contribution in [0.4, 0.5) is 18.9 Å². The van der Waals surface area contributed by atoms with E-state index in [2.05, 4.69) is 10.3 Å². The largest absolute Gasteiger partial charge is 0.416 e. The van der Waals surface area contributed by atoms with Gasteiger partial charge in [0.25, 0.3) is 0 Å². The van der Waals surface area contributed by atoms with Crippen LogP contribution < -0.4 is 5.32 Å². The molecular weight excluding hydrogens is 411 g/mol. The van der Waals surface area contributed by atoms with Crippen molar-refractivity contribution < 1.29 is 18.0 Å². The quantitative estimate of drug-likeness (QED) is 0.613. The number of likely N-dealkylation sites (tertiary alicyclic amines) is 1. The molecule has 1 fully saturated rings. The predicted molar refractivity (Wildman–Crippen MR) is 111 cm³/mol. The number of hydrogen-bond donors (Lipinski definition) is 1. The lowest BCUT2D eigenvalue weighted by Gasteiger charge is -2.17. The van der Waals surface area contributed by atoms with Gasteiger partial charge >= 0.3 is 6.18 Å². The smallest absolute Gasteiger partial charge is 0.380 e. The molecular formula is C22H20F3N3OS. The summed E-state index contributed by atoms with van der Waals surface area (Å²) in [6, 6.07) is 15.0. The molecule has 1 amide bonds. The Balaban J connectivity index is 1.34. The number of aromatic nitrogens is 1. The van der Waals surface area contributed by atoms with Crippen molar-refractivity contribution in [3.8, 4) is 10.6 Å². The van der Waals surface area contributed by atoms with Crippen molar-refractivity contribution in [2.24, 2.45) is 0 Å². The molecule has 30 heavy (non-hydrogen) atoms. The van der Waals surface area contributed by atoms with Crippen LogP contribution in [0, 0.1) is 0 Å². The van der Waals surface area contributed by atoms with Gasteiger partial charge in [-0.3, -0.25) is 4.79 Å². The van der Waals surface area contributed by atoms with Crippen molar-refractivity contribution in [3.63, 3.8) is 0 Å². The Morgan fingerprint density at radius 2 is 1.87 bits per heavy atom. The molecule has 156 valence electrons. The number of para-hydroxylation sites is 1. The van der Waals surface area contributed by atoms with Gasteiger partial charge in [-0.1, -0.05) is 30.3 Å². The SMILES string of the molecule is O=C(Cc1csc(-c2ccc(C(F)(F)F)cc2)n1)N1CCC(Nc2ccccc2)C1. The maximum atomic E-state index is 12.7. The third kappa shape index (κ3) is 4.81. The van der Waals surface area contributed by atoms with Gasteiger partial charge in [0, 0.05) is 35.8 Å². The van der Waals surface area contributed by atoms with Crippen molar-refractivity contribution in [1.29, 1.82) is 0 Å². The molecule has 4 rings (SSSR count). The molecule has 1 N–H and O–H groups in total. The molecule has 0 spiro atoms. The van der Waals surface area contributed by atoms with Gasteiger partial charge in [-0.2, -0.15) is 13.2 Å². The van der Waals surface area contributed by atoms with Gasteiger partial charge in [0.2, 0.25) is 5.91 Å². The fourth-order valence-corrected chi connectivity index (χ4v) is 4.29. The van der Waals surface area contributed by atoms with Crippen molar-refractivity contribution in [3.05, 3.63) is 71.2 Å². The normalized spacial score (nSPS) is 16.6. The van der Waals surface area contributed by atoms with E-state index in [1.54, 1.807) is 5.38 Å². The summed E-state index contributed by atoms with van der Waals surface area (Å²) in [5.74, 6) is 0.0108. The van der Waals surface area contributed by atoms with Crippen LogP contribution in [0.5, 0.6) is 0 Å². The molecule has 0 bridgehead atoms. The highest BCUT2D eigenvalue weighted by molar-refractivity contribution is 7.13. The van der Waals surface area contributed by atoms with Gasteiger partial charge in [-0.15, -0.1) is 11.3 Å². The first kappa shape index (κ1) is 20.4. The number of hydrogen-bond acceptors (Lipinski definition) is 4. The summed E-state index contributed by atoms with van der Waals surface area (Å²) in [6.07, 6.45) is -3.29. The molecule has 1 atom stereocenters. The molecule has 1 aromatic heterocycles. The van der Waals surface area contributed by atoms with E-state index in [4.69, 9.17) is 0 Å². The number of carbonyl (C=O) groups is 1. The van der Waals surface area contributed by atoms with Crippen molar-refractivity contribution in [2.45, 2.75) is 25.1 Å². The average Bonchev–Trinajstić information content (AvgIpc) is 3.38. The fraction of sp³-hybridized carbons (Fsp3) is 0.273. The summed E-state index contributed by atoms with van der Waals surface area (Å²) in [5.41, 5.74) is 1.60. The molecule has 1 aliphatic rings. The van der Waals surface area contributed by atoms with Gasteiger partial charge in [0.05, 0.1) is 17.7 Å². The van der Waals surface area contributed by atoms with Crippen LogP contribution in [0.25, 0.3) is 10.6 Å². The van der Waals surface area contributed by atoms with Gasteiger partial charge in [0.1, 0.15) is 5.01 Å². The average molecular weight is 431 g/mol. The number of thiazole rings is 1. The molecule has 4 nitrogen and oxygen atoms in total. The highest BCUT2D eigenvalue weighted by atomic mass is 32.1. The maximum absolute atomic E-state index is 12.7. The second-order valence-corrected chi connectivity index (χ2v) is 8.09. The Kier molecular flexibility index (Phi) is 5.76. The monoisotopic (exact) mass is 431 g/mol. The van der Waals surface area contributed by atoms with E-state index in [0.29, 0.717) is 29.4 Å². The first-order valence-electron chi connectivity index (χ1n) is 9.60. The summed E-state index contributed by atoms with van der Waals surface area (Å²) >= 11 is 1.33. The zero-order valence-corrected chi connectivity index (χ0v) is 16.8. The van der Waals surface area contributed by atoms with Crippen LogP contribution in [0.2, 0.25) is 0 Å². The first-order valence-corrected chi connectivity index (χ1v) is 10.5. The number of alkyl halides is 3. The van der Waals surface area contributed by atoms with Gasteiger partial charge in [-0.25, -0.2) is 4.98 Å². The highest BCUT2D eigenvalue weighted by Crippen LogP contribution is 2.32. The molecule has 3 aromatic rings. The van der Waals surface area contributed by atoms with E-state index in [0.717, 1.165) is 24.2 Å². The molecule has 0 radical (unpaired) electrons. The minimum Gasteiger partial charge on any atom is -0.380 e. The molecule has 1 unspecified atom stereocenters. The number of rotatable bonds is 5. The molecule has 8 heteroatoms. The number of halogens is 3. The lowest BCUT2D eigenvalue weighted by molar-refractivity contribution is -0.137. The van der Waals surface area contributed by atoms with E-state index in [1.807, 2.05) is 35.2 Å². The summed E-state index contributed by atoms with van der Waals surface area (Å²) < 4.78 is 38.1. The number of nitrogens with one attached hydrogen (secondary N) is 1. The summed E-state index contributed by atoms with van der Waals surface area (Å²) in [7, 11) is 0. The van der Waals surface area contributed by atoms with Crippen molar-refractivity contribution >= 4 is 22.9 Å². The minimum absolute atomic E-state index is 0.0108. The number of carbonyl (C=O) groups excluding carboxylic acids is 1. The first-order chi connectivity index (χ1) is 14.4. The molecule has 2 aromatic carbocycles. The Morgan fingerprint density at radius 3 is 2.57 bits per heavy atom. The standard InChI is InChI=1S/C22H20F3N3OS/c23-22(24,25)16-8-6-15(7-9-16)21-27-19(14-30-21)12-20(29)28-11-10-18(13-28)26-17-4-2-1-3-5-17/h1-9,14,18,26H,10-13H2. The van der Waals surface area contributed by atoms with Gasteiger partial charge < -0.3 is 10.2 Å². The van der Waals surface area contributed by atoms with Crippen LogP contribution in [-0.4, -0.2) is 34.9 Å². The van der Waals surface area contributed by atoms with Crippen molar-refractivity contribution in [2.75, 3.05) is 18.4 Å². The van der Waals surface area contributed by atoms with E-state index in [9.17, 15) is 18.0 Å². The van der Waals surface area contributed by atoms with Gasteiger partial charge in [-0.05, 0) is 30.7 Å². The fourth-order valence-electron chi connectivity index (χ4n) is 3.46. The van der Waals surface area contributed by atoms with Gasteiger partial charge in [0.15, 0.2) is 0 Å². The number of benzene rings is 2.